The number of hydrogen-bond acceptors (Lipinski definition) is 4. The minimum atomic E-state index is -3.20. The third kappa shape index (κ3) is 4.30. The molecule has 0 saturated carbocycles. The summed E-state index contributed by atoms with van der Waals surface area (Å²) in [5.74, 6) is -0.386. The maximum Gasteiger partial charge on any atom is 0.346 e. The summed E-state index contributed by atoms with van der Waals surface area (Å²) in [6.45, 7) is 1.97. The molecule has 0 aliphatic rings. The van der Waals surface area contributed by atoms with Gasteiger partial charge in [-0.3, -0.25) is 9.88 Å². The maximum atomic E-state index is 12.8. The van der Waals surface area contributed by atoms with Crippen LogP contribution in [0.2, 0.25) is 0 Å². The highest BCUT2D eigenvalue weighted by atomic mass is 31.2. The van der Waals surface area contributed by atoms with E-state index in [0.717, 1.165) is 11.1 Å². The molecule has 2 aromatic rings. The highest BCUT2D eigenvalue weighted by molar-refractivity contribution is 7.54. The molecular weight excluding hydrogens is 309 g/mol. The van der Waals surface area contributed by atoms with Crippen molar-refractivity contribution < 1.29 is 13.6 Å². The first-order chi connectivity index (χ1) is 11.1. The molecule has 1 atom stereocenters. The summed E-state index contributed by atoms with van der Waals surface area (Å²) in [6.07, 6.45) is 0.634. The maximum absolute atomic E-state index is 12.8. The molecule has 0 fully saturated rings. The van der Waals surface area contributed by atoms with E-state index in [9.17, 15) is 4.57 Å². The largest absolute Gasteiger partial charge is 0.346 e. The normalized spacial score (nSPS) is 13.2. The fourth-order valence-electron chi connectivity index (χ4n) is 2.63. The van der Waals surface area contributed by atoms with Crippen LogP contribution in [-0.4, -0.2) is 20.0 Å². The summed E-state index contributed by atoms with van der Waals surface area (Å²) < 4.78 is 23.1. The van der Waals surface area contributed by atoms with Gasteiger partial charge < -0.3 is 9.05 Å². The Balaban J connectivity index is 2.37. The van der Waals surface area contributed by atoms with Crippen molar-refractivity contribution in [2.75, 3.05) is 14.2 Å². The molecule has 23 heavy (non-hydrogen) atoms. The first-order valence-electron chi connectivity index (χ1n) is 7.71. The van der Waals surface area contributed by atoms with Crippen LogP contribution in [0.3, 0.4) is 0 Å². The average Bonchev–Trinajstić information content (AvgIpc) is 2.63. The average molecular weight is 333 g/mol. The van der Waals surface area contributed by atoms with Gasteiger partial charge in [-0.1, -0.05) is 67.6 Å². The quantitative estimate of drug-likeness (QED) is 0.718. The summed E-state index contributed by atoms with van der Waals surface area (Å²) in [5.41, 5.74) is 2.21. The van der Waals surface area contributed by atoms with Crippen LogP contribution in [0.25, 0.3) is 0 Å². The van der Waals surface area contributed by atoms with Gasteiger partial charge in [0.05, 0.1) is 6.04 Å². The Morgan fingerprint density at radius 1 is 0.913 bits per heavy atom. The molecule has 2 aromatic carbocycles. The van der Waals surface area contributed by atoms with E-state index in [-0.39, 0.29) is 11.8 Å². The minimum Gasteiger partial charge on any atom is -0.311 e. The molecule has 0 radical (unpaired) electrons. The van der Waals surface area contributed by atoms with Crippen molar-refractivity contribution in [1.29, 1.82) is 0 Å². The minimum absolute atomic E-state index is 0.0824. The number of benzene rings is 2. The Kier molecular flexibility index (Phi) is 6.55. The van der Waals surface area contributed by atoms with Crippen molar-refractivity contribution in [3.05, 3.63) is 71.8 Å². The van der Waals surface area contributed by atoms with Crippen LogP contribution in [0, 0.1) is 0 Å². The highest BCUT2D eigenvalue weighted by Crippen LogP contribution is 2.52. The summed E-state index contributed by atoms with van der Waals surface area (Å²) in [6, 6.07) is 20.1. The van der Waals surface area contributed by atoms with E-state index in [0.29, 0.717) is 6.42 Å². The Morgan fingerprint density at radius 3 is 1.70 bits per heavy atom. The molecule has 0 unspecified atom stereocenters. The van der Waals surface area contributed by atoms with Crippen molar-refractivity contribution >= 4 is 7.60 Å². The van der Waals surface area contributed by atoms with Crippen LogP contribution >= 0.6 is 7.60 Å². The Morgan fingerprint density at radius 2 is 1.35 bits per heavy atom. The fourth-order valence-corrected chi connectivity index (χ4v) is 4.07. The van der Waals surface area contributed by atoms with Gasteiger partial charge in [0.1, 0.15) is 5.78 Å². The van der Waals surface area contributed by atoms with Crippen molar-refractivity contribution in [3.63, 3.8) is 0 Å². The van der Waals surface area contributed by atoms with Gasteiger partial charge in [0.25, 0.3) is 0 Å². The molecular formula is C18H24NO3P. The first kappa shape index (κ1) is 17.9. The lowest BCUT2D eigenvalue weighted by molar-refractivity contribution is 0.255. The van der Waals surface area contributed by atoms with Crippen molar-refractivity contribution in [2.24, 2.45) is 0 Å². The molecule has 124 valence electrons. The van der Waals surface area contributed by atoms with Gasteiger partial charge in [0.2, 0.25) is 0 Å². The monoisotopic (exact) mass is 333 g/mol. The lowest BCUT2D eigenvalue weighted by Crippen LogP contribution is -2.33. The van der Waals surface area contributed by atoms with E-state index in [1.807, 2.05) is 43.3 Å². The van der Waals surface area contributed by atoms with E-state index in [4.69, 9.17) is 9.05 Å². The van der Waals surface area contributed by atoms with Crippen LogP contribution in [0.15, 0.2) is 60.7 Å². The molecule has 0 amide bonds. The third-order valence-corrected chi connectivity index (χ3v) is 6.20. The van der Waals surface area contributed by atoms with E-state index in [1.165, 1.54) is 14.2 Å². The zero-order chi connectivity index (χ0) is 16.7. The Hall–Kier alpha value is -1.45. The second-order valence-corrected chi connectivity index (χ2v) is 7.68. The third-order valence-electron chi connectivity index (χ3n) is 3.90. The topological polar surface area (TPSA) is 47.6 Å². The van der Waals surface area contributed by atoms with Crippen molar-refractivity contribution in [1.82, 2.24) is 5.32 Å². The van der Waals surface area contributed by atoms with Crippen LogP contribution in [-0.2, 0) is 13.6 Å². The number of rotatable bonds is 8. The number of hydrogen-bond donors (Lipinski definition) is 1. The second-order valence-electron chi connectivity index (χ2n) is 5.25. The van der Waals surface area contributed by atoms with Crippen LogP contribution < -0.4 is 5.32 Å². The highest BCUT2D eigenvalue weighted by Gasteiger charge is 2.34. The van der Waals surface area contributed by atoms with Gasteiger partial charge in [-0.05, 0) is 17.5 Å². The predicted molar refractivity (Wildman–Crippen MR) is 93.6 cm³/mol. The molecule has 0 aromatic heterocycles. The lowest BCUT2D eigenvalue weighted by Gasteiger charge is -2.29. The van der Waals surface area contributed by atoms with Crippen LogP contribution in [0.4, 0.5) is 0 Å². The molecule has 0 aliphatic heterocycles. The zero-order valence-electron chi connectivity index (χ0n) is 13.8. The first-order valence-corrected chi connectivity index (χ1v) is 9.33. The molecule has 0 saturated heterocycles. The summed E-state index contributed by atoms with van der Waals surface area (Å²) >= 11 is 0. The number of nitrogens with one attached hydrogen (secondary N) is 1. The fraction of sp³-hybridized carbons (Fsp3) is 0.333. The lowest BCUT2D eigenvalue weighted by atomic mass is 9.99. The molecule has 2 rings (SSSR count). The summed E-state index contributed by atoms with van der Waals surface area (Å²) in [7, 11) is -0.347. The second kappa shape index (κ2) is 8.42. The smallest absolute Gasteiger partial charge is 0.311 e. The van der Waals surface area contributed by atoms with E-state index in [1.54, 1.807) is 0 Å². The van der Waals surface area contributed by atoms with Crippen LogP contribution in [0.1, 0.15) is 30.5 Å². The van der Waals surface area contributed by atoms with Gasteiger partial charge in [-0.25, -0.2) is 0 Å². The summed E-state index contributed by atoms with van der Waals surface area (Å²) in [4.78, 5) is 0. The summed E-state index contributed by atoms with van der Waals surface area (Å²) in [5, 5.41) is 3.47. The SMILES string of the molecule is CC[C@@H](NC(c1ccccc1)c1ccccc1)P(=O)(OC)OC. The van der Waals surface area contributed by atoms with Gasteiger partial charge in [0, 0.05) is 14.2 Å². The van der Waals surface area contributed by atoms with Crippen molar-refractivity contribution in [3.8, 4) is 0 Å². The predicted octanol–water partition coefficient (Wildman–Crippen LogP) is 4.59. The van der Waals surface area contributed by atoms with Crippen molar-refractivity contribution in [2.45, 2.75) is 25.2 Å². The molecule has 0 bridgehead atoms. The molecule has 0 spiro atoms. The standard InChI is InChI=1S/C18H24NO3P/c1-4-17(23(20,21-2)22-3)19-18(15-11-7-5-8-12-15)16-13-9-6-10-14-16/h5-14,17-19H,4H2,1-3H3/t17-/m0/s1. The Bertz CT molecular complexity index is 586. The molecule has 0 heterocycles. The van der Waals surface area contributed by atoms with Crippen LogP contribution in [0.5, 0.6) is 0 Å². The van der Waals surface area contributed by atoms with E-state index < -0.39 is 7.60 Å². The molecule has 5 heteroatoms. The molecule has 1 N–H and O–H groups in total. The van der Waals surface area contributed by atoms with Gasteiger partial charge in [0.15, 0.2) is 0 Å². The molecule has 4 nitrogen and oxygen atoms in total. The zero-order valence-corrected chi connectivity index (χ0v) is 14.7. The molecule has 0 aliphatic carbocycles. The van der Waals surface area contributed by atoms with Gasteiger partial charge in [-0.15, -0.1) is 0 Å². The van der Waals surface area contributed by atoms with Gasteiger partial charge >= 0.3 is 7.60 Å². The van der Waals surface area contributed by atoms with E-state index >= 15 is 0 Å². The van der Waals surface area contributed by atoms with Gasteiger partial charge in [-0.2, -0.15) is 0 Å². The Labute approximate surface area is 138 Å². The van der Waals surface area contributed by atoms with E-state index in [2.05, 4.69) is 29.6 Å².